The van der Waals surface area contributed by atoms with Gasteiger partial charge in [0.1, 0.15) is 23.0 Å². The maximum Gasteiger partial charge on any atom is 0.256 e. The highest BCUT2D eigenvalue weighted by Gasteiger charge is 2.24. The summed E-state index contributed by atoms with van der Waals surface area (Å²) in [5.74, 6) is -1.62. The van der Waals surface area contributed by atoms with E-state index in [9.17, 15) is 23.5 Å². The molecule has 1 fully saturated rings. The molecule has 174 valence electrons. The van der Waals surface area contributed by atoms with E-state index in [4.69, 9.17) is 0 Å². The van der Waals surface area contributed by atoms with Crippen LogP contribution < -0.4 is 15.6 Å². The third-order valence-electron chi connectivity index (χ3n) is 5.80. The predicted octanol–water partition coefficient (Wildman–Crippen LogP) is 3.15. The Morgan fingerprint density at radius 1 is 1.24 bits per heavy atom. The molecule has 0 spiro atoms. The molecule has 0 aliphatic carbocycles. The molecule has 1 saturated heterocycles. The largest absolute Gasteiger partial charge is 0.391 e. The van der Waals surface area contributed by atoms with Crippen LogP contribution in [0.5, 0.6) is 0 Å². The lowest BCUT2D eigenvalue weighted by Gasteiger charge is -2.19. The van der Waals surface area contributed by atoms with Crippen molar-refractivity contribution >= 4 is 22.8 Å². The number of rotatable bonds is 7. The minimum atomic E-state index is -0.849. The number of pyridine rings is 2. The second-order valence-electron chi connectivity index (χ2n) is 8.23. The topological polar surface area (TPSA) is 87.5 Å². The normalized spacial score (nSPS) is 15.9. The summed E-state index contributed by atoms with van der Waals surface area (Å²) < 4.78 is 29.6. The minimum absolute atomic E-state index is 0.0347. The maximum absolute atomic E-state index is 14.7. The second kappa shape index (κ2) is 9.66. The van der Waals surface area contributed by atoms with Gasteiger partial charge >= 0.3 is 0 Å². The van der Waals surface area contributed by atoms with Crippen LogP contribution in [0.25, 0.3) is 16.7 Å². The van der Waals surface area contributed by atoms with Gasteiger partial charge in [-0.1, -0.05) is 19.8 Å². The monoisotopic (exact) mass is 456 g/mol. The van der Waals surface area contributed by atoms with Gasteiger partial charge < -0.3 is 15.3 Å². The first-order valence-corrected chi connectivity index (χ1v) is 11.1. The number of hydrogen-bond acceptors (Lipinski definition) is 5. The van der Waals surface area contributed by atoms with E-state index in [1.54, 1.807) is 12.1 Å². The van der Waals surface area contributed by atoms with Crippen molar-refractivity contribution in [1.29, 1.82) is 0 Å². The number of nitrogens with one attached hydrogen (secondary N) is 1. The highest BCUT2D eigenvalue weighted by Crippen LogP contribution is 2.24. The summed E-state index contributed by atoms with van der Waals surface area (Å²) in [6.07, 6.45) is 4.09. The number of nitrogens with zero attached hydrogens (tertiary/aromatic N) is 3. The number of aromatic nitrogens is 2. The van der Waals surface area contributed by atoms with Crippen molar-refractivity contribution in [3.63, 3.8) is 0 Å². The zero-order valence-corrected chi connectivity index (χ0v) is 18.4. The molecule has 4 rings (SSSR count). The molecule has 1 atom stereocenters. The lowest BCUT2D eigenvalue weighted by Crippen LogP contribution is -2.31. The van der Waals surface area contributed by atoms with Crippen LogP contribution in [0.3, 0.4) is 0 Å². The van der Waals surface area contributed by atoms with Gasteiger partial charge in [0.15, 0.2) is 5.65 Å². The van der Waals surface area contributed by atoms with E-state index in [0.717, 1.165) is 31.4 Å². The van der Waals surface area contributed by atoms with Crippen molar-refractivity contribution in [2.45, 2.75) is 38.7 Å². The number of anilines is 1. The SMILES string of the molecule is CCCCCNC(=O)c1cn(-c2ccc(F)cc2F)c2nc(N3CC[C@@H](O)C3)ccc2c1=O. The Morgan fingerprint density at radius 2 is 2.06 bits per heavy atom. The van der Waals surface area contributed by atoms with Crippen molar-refractivity contribution in [1.82, 2.24) is 14.9 Å². The highest BCUT2D eigenvalue weighted by molar-refractivity contribution is 5.97. The first-order valence-electron chi connectivity index (χ1n) is 11.1. The first kappa shape index (κ1) is 22.8. The maximum atomic E-state index is 14.7. The van der Waals surface area contributed by atoms with Crippen LogP contribution in [0.2, 0.25) is 0 Å². The fraction of sp³-hybridized carbons (Fsp3) is 0.375. The number of β-amino-alcohol motifs (C(OH)–C–C–N with tert-alkyl or cyclic N) is 1. The smallest absolute Gasteiger partial charge is 0.256 e. The lowest BCUT2D eigenvalue weighted by molar-refractivity contribution is 0.0951. The number of carbonyl (C=O) groups is 1. The first-order chi connectivity index (χ1) is 15.9. The van der Waals surface area contributed by atoms with Gasteiger partial charge in [-0.2, -0.15) is 0 Å². The van der Waals surface area contributed by atoms with Crippen molar-refractivity contribution < 1.29 is 18.7 Å². The average Bonchev–Trinajstić information content (AvgIpc) is 3.23. The molecule has 1 aliphatic heterocycles. The molecule has 0 bridgehead atoms. The van der Waals surface area contributed by atoms with E-state index in [1.807, 2.05) is 11.8 Å². The quantitative estimate of drug-likeness (QED) is 0.534. The van der Waals surface area contributed by atoms with Gasteiger partial charge in [0.25, 0.3) is 5.91 Å². The van der Waals surface area contributed by atoms with Gasteiger partial charge in [-0.3, -0.25) is 14.2 Å². The zero-order valence-electron chi connectivity index (χ0n) is 18.4. The molecule has 1 aromatic carbocycles. The van der Waals surface area contributed by atoms with Crippen LogP contribution in [0.4, 0.5) is 14.6 Å². The van der Waals surface area contributed by atoms with Crippen LogP contribution in [0.15, 0.2) is 41.3 Å². The summed E-state index contributed by atoms with van der Waals surface area (Å²) in [5, 5.41) is 12.7. The van der Waals surface area contributed by atoms with Gasteiger partial charge in [-0.05, 0) is 37.1 Å². The molecule has 9 heteroatoms. The third kappa shape index (κ3) is 4.73. The fourth-order valence-electron chi connectivity index (χ4n) is 4.01. The Bertz CT molecular complexity index is 1240. The number of fused-ring (bicyclic) bond motifs is 1. The minimum Gasteiger partial charge on any atom is -0.391 e. The van der Waals surface area contributed by atoms with Crippen LogP contribution in [-0.2, 0) is 0 Å². The molecule has 3 heterocycles. The number of aliphatic hydroxyl groups is 1. The standard InChI is InChI=1S/C24H26F2N4O3/c1-2-3-4-10-27-24(33)18-14-30(20-7-5-15(25)12-19(20)26)23-17(22(18)32)6-8-21(28-23)29-11-9-16(31)13-29/h5-8,12,14,16,31H,2-4,9-11,13H2,1H3,(H,27,33)/t16-/m1/s1. The summed E-state index contributed by atoms with van der Waals surface area (Å²) in [6.45, 7) is 3.45. The van der Waals surface area contributed by atoms with Gasteiger partial charge in [0, 0.05) is 31.9 Å². The van der Waals surface area contributed by atoms with E-state index in [-0.39, 0.29) is 22.3 Å². The van der Waals surface area contributed by atoms with E-state index < -0.39 is 29.1 Å². The Hall–Kier alpha value is -3.33. The van der Waals surface area contributed by atoms with Crippen LogP contribution in [0, 0.1) is 11.6 Å². The molecule has 33 heavy (non-hydrogen) atoms. The summed E-state index contributed by atoms with van der Waals surface area (Å²) in [6, 6.07) is 6.29. The Kier molecular flexibility index (Phi) is 6.69. The summed E-state index contributed by atoms with van der Waals surface area (Å²) >= 11 is 0. The number of unbranched alkanes of at least 4 members (excludes halogenated alkanes) is 2. The molecule has 1 amide bonds. The van der Waals surface area contributed by atoms with Gasteiger partial charge in [0.2, 0.25) is 5.43 Å². The number of benzene rings is 1. The van der Waals surface area contributed by atoms with E-state index in [2.05, 4.69) is 10.3 Å². The van der Waals surface area contributed by atoms with Gasteiger partial charge in [-0.25, -0.2) is 13.8 Å². The van der Waals surface area contributed by atoms with E-state index in [0.29, 0.717) is 31.9 Å². The van der Waals surface area contributed by atoms with Crippen molar-refractivity contribution in [3.8, 4) is 5.69 Å². The molecule has 0 unspecified atom stereocenters. The van der Waals surface area contributed by atoms with E-state index >= 15 is 0 Å². The van der Waals surface area contributed by atoms with Crippen molar-refractivity contribution in [2.24, 2.45) is 0 Å². The van der Waals surface area contributed by atoms with Crippen molar-refractivity contribution in [2.75, 3.05) is 24.5 Å². The predicted molar refractivity (Wildman–Crippen MR) is 122 cm³/mol. The number of carbonyl (C=O) groups excluding carboxylic acids is 1. The van der Waals surface area contributed by atoms with Gasteiger partial charge in [0.05, 0.1) is 17.2 Å². The Balaban J connectivity index is 1.85. The highest BCUT2D eigenvalue weighted by atomic mass is 19.1. The summed E-state index contributed by atoms with van der Waals surface area (Å²) in [4.78, 5) is 32.4. The molecule has 0 saturated carbocycles. The van der Waals surface area contributed by atoms with Crippen LogP contribution >= 0.6 is 0 Å². The molecular weight excluding hydrogens is 430 g/mol. The number of aliphatic hydroxyl groups excluding tert-OH is 1. The number of hydrogen-bond donors (Lipinski definition) is 2. The van der Waals surface area contributed by atoms with Crippen LogP contribution in [-0.4, -0.2) is 46.3 Å². The second-order valence-corrected chi connectivity index (χ2v) is 8.23. The molecular formula is C24H26F2N4O3. The Morgan fingerprint density at radius 3 is 2.76 bits per heavy atom. The average molecular weight is 456 g/mol. The third-order valence-corrected chi connectivity index (χ3v) is 5.80. The van der Waals surface area contributed by atoms with Crippen molar-refractivity contribution in [3.05, 3.63) is 63.9 Å². The number of halogens is 2. The molecule has 0 radical (unpaired) electrons. The summed E-state index contributed by atoms with van der Waals surface area (Å²) in [7, 11) is 0. The number of amides is 1. The molecule has 2 aromatic heterocycles. The molecule has 2 N–H and O–H groups in total. The van der Waals surface area contributed by atoms with E-state index in [1.165, 1.54) is 16.8 Å². The fourth-order valence-corrected chi connectivity index (χ4v) is 4.01. The van der Waals surface area contributed by atoms with Crippen LogP contribution in [0.1, 0.15) is 43.0 Å². The lowest BCUT2D eigenvalue weighted by atomic mass is 10.1. The summed E-state index contributed by atoms with van der Waals surface area (Å²) in [5.41, 5.74) is -0.550. The van der Waals surface area contributed by atoms with Gasteiger partial charge in [-0.15, -0.1) is 0 Å². The molecule has 7 nitrogen and oxygen atoms in total. The molecule has 3 aromatic rings. The molecule has 1 aliphatic rings. The zero-order chi connectivity index (χ0) is 23.5. The Labute approximate surface area is 189 Å².